The lowest BCUT2D eigenvalue weighted by atomic mass is 10.1. The highest BCUT2D eigenvalue weighted by Gasteiger charge is 2.41. The van der Waals surface area contributed by atoms with Gasteiger partial charge < -0.3 is 0 Å². The Balaban J connectivity index is 2.18. The molecule has 2 rings (SSSR count). The normalized spacial score (nSPS) is 11.2. The van der Waals surface area contributed by atoms with Crippen molar-refractivity contribution in [2.45, 2.75) is 5.92 Å². The van der Waals surface area contributed by atoms with E-state index in [0.29, 0.717) is 0 Å². The number of hydrogen-bond donors (Lipinski definition) is 1. The van der Waals surface area contributed by atoms with Gasteiger partial charge >= 0.3 is 11.8 Å². The highest BCUT2D eigenvalue weighted by molar-refractivity contribution is 7.13. The van der Waals surface area contributed by atoms with E-state index >= 15 is 0 Å². The van der Waals surface area contributed by atoms with E-state index in [-0.39, 0.29) is 10.7 Å². The summed E-state index contributed by atoms with van der Waals surface area (Å²) in [6, 6.07) is 6.88. The van der Waals surface area contributed by atoms with Crippen LogP contribution >= 0.6 is 11.3 Å². The van der Waals surface area contributed by atoms with Gasteiger partial charge in [-0.05, 0) is 0 Å². The van der Waals surface area contributed by atoms with Gasteiger partial charge in [0.15, 0.2) is 0 Å². The third-order valence-corrected chi connectivity index (χ3v) is 2.61. The average molecular weight is 255 g/mol. The molecule has 1 aromatic heterocycles. The number of aromatic nitrogens is 2. The van der Waals surface area contributed by atoms with Crippen LogP contribution in [-0.2, 0) is 10.7 Å². The minimum absolute atomic E-state index is 0.0469. The third-order valence-electron chi connectivity index (χ3n) is 2.00. The Kier molecular flexibility index (Phi) is 3.10. The number of carbonyl (C=O) groups excluding carboxylic acids is 1. The minimum atomic E-state index is -3.59. The van der Waals surface area contributed by atoms with Crippen LogP contribution in [0.15, 0.2) is 35.8 Å². The number of alkyl halides is 2. The van der Waals surface area contributed by atoms with E-state index in [1.54, 1.807) is 6.07 Å². The third kappa shape index (κ3) is 2.44. The second kappa shape index (κ2) is 4.54. The maximum Gasteiger partial charge on any atom is 0.350 e. The smallest absolute Gasteiger partial charge is 0.295 e. The van der Waals surface area contributed by atoms with Crippen LogP contribution in [0.25, 0.3) is 0 Å². The molecule has 0 atom stereocenters. The molecule has 0 bridgehead atoms. The molecular formula is C10H7F2N3OS. The largest absolute Gasteiger partial charge is 0.350 e. The summed E-state index contributed by atoms with van der Waals surface area (Å²) in [5.41, 5.74) is 0.984. The van der Waals surface area contributed by atoms with Gasteiger partial charge in [0, 0.05) is 5.56 Å². The molecule has 1 N–H and O–H groups in total. The van der Waals surface area contributed by atoms with Gasteiger partial charge in [0.2, 0.25) is 5.13 Å². The van der Waals surface area contributed by atoms with Crippen molar-refractivity contribution in [3.8, 4) is 0 Å². The van der Waals surface area contributed by atoms with Crippen molar-refractivity contribution in [3.63, 3.8) is 0 Å². The van der Waals surface area contributed by atoms with E-state index in [4.69, 9.17) is 0 Å². The predicted molar refractivity (Wildman–Crippen MR) is 58.9 cm³/mol. The van der Waals surface area contributed by atoms with Crippen molar-refractivity contribution in [2.75, 3.05) is 5.32 Å². The number of hydrogen-bond acceptors (Lipinski definition) is 4. The van der Waals surface area contributed by atoms with Gasteiger partial charge in [-0.2, -0.15) is 8.78 Å². The molecule has 1 heterocycles. The van der Waals surface area contributed by atoms with Gasteiger partial charge in [0.1, 0.15) is 5.51 Å². The van der Waals surface area contributed by atoms with Crippen molar-refractivity contribution in [3.05, 3.63) is 41.4 Å². The van der Waals surface area contributed by atoms with Crippen molar-refractivity contribution >= 4 is 22.4 Å². The molecule has 17 heavy (non-hydrogen) atoms. The molecule has 0 unspecified atom stereocenters. The lowest BCUT2D eigenvalue weighted by molar-refractivity contribution is -0.140. The number of nitrogens with one attached hydrogen (secondary N) is 1. The molecule has 0 aliphatic carbocycles. The van der Waals surface area contributed by atoms with Crippen LogP contribution in [0.5, 0.6) is 0 Å². The number of halogens is 2. The molecule has 0 spiro atoms. The number of anilines is 1. The lowest BCUT2D eigenvalue weighted by Gasteiger charge is -2.14. The quantitative estimate of drug-likeness (QED) is 0.915. The molecule has 0 aliphatic heterocycles. The Bertz CT molecular complexity index is 502. The van der Waals surface area contributed by atoms with E-state index in [9.17, 15) is 13.6 Å². The first kappa shape index (κ1) is 11.6. The Hall–Kier alpha value is -1.89. The van der Waals surface area contributed by atoms with Crippen molar-refractivity contribution in [2.24, 2.45) is 0 Å². The summed E-state index contributed by atoms with van der Waals surface area (Å²) in [6.07, 6.45) is 0. The Morgan fingerprint density at radius 1 is 1.29 bits per heavy atom. The fourth-order valence-electron chi connectivity index (χ4n) is 1.18. The summed E-state index contributed by atoms with van der Waals surface area (Å²) in [5, 5.41) is 8.97. The monoisotopic (exact) mass is 255 g/mol. The summed E-state index contributed by atoms with van der Waals surface area (Å²) >= 11 is 0.975. The first-order valence-electron chi connectivity index (χ1n) is 4.61. The van der Waals surface area contributed by atoms with Gasteiger partial charge in [0.25, 0.3) is 0 Å². The van der Waals surface area contributed by atoms with E-state index in [2.05, 4.69) is 10.2 Å². The first-order chi connectivity index (χ1) is 8.10. The Labute approximate surface area is 99.3 Å². The van der Waals surface area contributed by atoms with Crippen molar-refractivity contribution in [1.82, 2.24) is 10.2 Å². The van der Waals surface area contributed by atoms with E-state index in [0.717, 1.165) is 11.3 Å². The molecule has 0 saturated carbocycles. The molecule has 0 aliphatic rings. The van der Waals surface area contributed by atoms with Gasteiger partial charge in [-0.3, -0.25) is 10.1 Å². The lowest BCUT2D eigenvalue weighted by Crippen LogP contribution is -2.32. The number of rotatable bonds is 3. The highest BCUT2D eigenvalue weighted by atomic mass is 32.1. The summed E-state index contributed by atoms with van der Waals surface area (Å²) in [4.78, 5) is 11.4. The van der Waals surface area contributed by atoms with Gasteiger partial charge in [-0.25, -0.2) is 0 Å². The van der Waals surface area contributed by atoms with Crippen molar-refractivity contribution < 1.29 is 13.6 Å². The van der Waals surface area contributed by atoms with Crippen LogP contribution in [0.4, 0.5) is 13.9 Å². The van der Waals surface area contributed by atoms with Crippen LogP contribution in [0.2, 0.25) is 0 Å². The molecule has 88 valence electrons. The molecule has 2 aromatic rings. The zero-order valence-electron chi connectivity index (χ0n) is 8.43. The highest BCUT2D eigenvalue weighted by Crippen LogP contribution is 2.29. The minimum Gasteiger partial charge on any atom is -0.295 e. The Morgan fingerprint density at radius 3 is 2.59 bits per heavy atom. The molecule has 4 nitrogen and oxygen atoms in total. The van der Waals surface area contributed by atoms with Crippen LogP contribution in [0, 0.1) is 0 Å². The fourth-order valence-corrected chi connectivity index (χ4v) is 1.62. The maximum atomic E-state index is 13.7. The summed E-state index contributed by atoms with van der Waals surface area (Å²) in [5.74, 6) is -5.01. The molecule has 0 radical (unpaired) electrons. The average Bonchev–Trinajstić information content (AvgIpc) is 2.83. The van der Waals surface area contributed by atoms with E-state index in [1.165, 1.54) is 29.8 Å². The van der Waals surface area contributed by atoms with E-state index in [1.807, 2.05) is 5.32 Å². The summed E-state index contributed by atoms with van der Waals surface area (Å²) in [6.45, 7) is 0. The maximum absolute atomic E-state index is 13.7. The molecule has 0 saturated heterocycles. The number of carbonyl (C=O) groups is 1. The van der Waals surface area contributed by atoms with Crippen LogP contribution < -0.4 is 5.32 Å². The SMILES string of the molecule is O=C(Nc1nncs1)C(F)(F)c1ccccc1. The molecule has 1 aromatic carbocycles. The Morgan fingerprint density at radius 2 is 2.00 bits per heavy atom. The number of amides is 1. The predicted octanol–water partition coefficient (Wildman–Crippen LogP) is 2.27. The molecular weight excluding hydrogens is 248 g/mol. The molecule has 0 fully saturated rings. The number of nitrogens with zero attached hydrogens (tertiary/aromatic N) is 2. The summed E-state index contributed by atoms with van der Waals surface area (Å²) in [7, 11) is 0. The fraction of sp³-hybridized carbons (Fsp3) is 0.100. The van der Waals surface area contributed by atoms with Gasteiger partial charge in [-0.1, -0.05) is 41.7 Å². The topological polar surface area (TPSA) is 54.9 Å². The first-order valence-corrected chi connectivity index (χ1v) is 5.49. The van der Waals surface area contributed by atoms with E-state index < -0.39 is 11.8 Å². The van der Waals surface area contributed by atoms with Crippen LogP contribution in [0.1, 0.15) is 5.56 Å². The van der Waals surface area contributed by atoms with Gasteiger partial charge in [-0.15, -0.1) is 10.2 Å². The van der Waals surface area contributed by atoms with Crippen LogP contribution in [0.3, 0.4) is 0 Å². The van der Waals surface area contributed by atoms with Crippen molar-refractivity contribution in [1.29, 1.82) is 0 Å². The standard InChI is InChI=1S/C10H7F2N3OS/c11-10(12,7-4-2-1-3-5-7)8(16)14-9-15-13-6-17-9/h1-6H,(H,14,15,16). The van der Waals surface area contributed by atoms with Gasteiger partial charge in [0.05, 0.1) is 0 Å². The summed E-state index contributed by atoms with van der Waals surface area (Å²) < 4.78 is 27.4. The molecule has 1 amide bonds. The second-order valence-corrected chi connectivity index (χ2v) is 3.97. The second-order valence-electron chi connectivity index (χ2n) is 3.14. The number of benzene rings is 1. The zero-order valence-corrected chi connectivity index (χ0v) is 9.25. The molecule has 7 heteroatoms. The zero-order chi connectivity index (χ0) is 12.3. The van der Waals surface area contributed by atoms with Crippen LogP contribution in [-0.4, -0.2) is 16.1 Å².